The fourth-order valence-electron chi connectivity index (χ4n) is 2.43. The van der Waals surface area contributed by atoms with E-state index in [1.165, 1.54) is 0 Å². The van der Waals surface area contributed by atoms with Gasteiger partial charge >= 0.3 is 5.97 Å². The van der Waals surface area contributed by atoms with E-state index in [2.05, 4.69) is 0 Å². The first-order valence-electron chi connectivity index (χ1n) is 6.05. The van der Waals surface area contributed by atoms with Gasteiger partial charge in [-0.3, -0.25) is 0 Å². The highest BCUT2D eigenvalue weighted by molar-refractivity contribution is 6.09. The van der Waals surface area contributed by atoms with Crippen molar-refractivity contribution < 1.29 is 36.2 Å². The number of fused-ring (bicyclic) bond motifs is 2. The lowest BCUT2D eigenvalue weighted by Crippen LogP contribution is -2.08. The number of benzene rings is 3. The Morgan fingerprint density at radius 1 is 0.783 bits per heavy atom. The lowest BCUT2D eigenvalue weighted by atomic mass is 9.97. The van der Waals surface area contributed by atoms with Crippen LogP contribution >= 0.6 is 0 Å². The summed E-state index contributed by atoms with van der Waals surface area (Å²) >= 11 is 0. The van der Waals surface area contributed by atoms with E-state index in [4.69, 9.17) is 5.11 Å². The topological polar surface area (TPSA) is 37.3 Å². The highest BCUT2D eigenvalue weighted by Crippen LogP contribution is 2.35. The summed E-state index contributed by atoms with van der Waals surface area (Å²) < 4.78 is 82.4. The van der Waals surface area contributed by atoms with Crippen molar-refractivity contribution in [3.8, 4) is 0 Å². The summed E-state index contributed by atoms with van der Waals surface area (Å²) in [5.41, 5.74) is -1.30. The van der Waals surface area contributed by atoms with E-state index < -0.39 is 62.6 Å². The average Bonchev–Trinajstić information content (AvgIpc) is 2.48. The lowest BCUT2D eigenvalue weighted by Gasteiger charge is -2.11. The van der Waals surface area contributed by atoms with Crippen molar-refractivity contribution in [1.29, 1.82) is 0 Å². The van der Waals surface area contributed by atoms with Crippen LogP contribution in [0.2, 0.25) is 0 Å². The highest BCUT2D eigenvalue weighted by atomic mass is 19.2. The molecule has 0 aromatic heterocycles. The Morgan fingerprint density at radius 3 is 2.04 bits per heavy atom. The summed E-state index contributed by atoms with van der Waals surface area (Å²) in [4.78, 5) is 11.1. The van der Waals surface area contributed by atoms with Gasteiger partial charge in [-0.15, -0.1) is 0 Å². The molecule has 0 saturated carbocycles. The third kappa shape index (κ3) is 1.94. The van der Waals surface area contributed by atoms with Crippen LogP contribution in [0.1, 0.15) is 10.4 Å². The molecule has 0 bridgehead atoms. The molecular weight excluding hydrogens is 326 g/mol. The van der Waals surface area contributed by atoms with Crippen molar-refractivity contribution in [1.82, 2.24) is 0 Å². The van der Waals surface area contributed by atoms with E-state index in [9.17, 15) is 31.1 Å². The van der Waals surface area contributed by atoms with Crippen LogP contribution in [-0.2, 0) is 0 Å². The van der Waals surface area contributed by atoms with E-state index >= 15 is 0 Å². The van der Waals surface area contributed by atoms with Crippen molar-refractivity contribution >= 4 is 27.5 Å². The monoisotopic (exact) mass is 330 g/mol. The molecule has 0 radical (unpaired) electrons. The number of aromatic carboxylic acids is 1. The van der Waals surface area contributed by atoms with Gasteiger partial charge in [0.2, 0.25) is 0 Å². The second-order valence-electron chi connectivity index (χ2n) is 4.69. The molecule has 3 rings (SSSR count). The molecule has 0 unspecified atom stereocenters. The van der Waals surface area contributed by atoms with Gasteiger partial charge in [-0.25, -0.2) is 31.1 Å². The summed E-state index contributed by atoms with van der Waals surface area (Å²) in [6.07, 6.45) is 0. The zero-order valence-corrected chi connectivity index (χ0v) is 10.9. The molecule has 23 heavy (non-hydrogen) atoms. The second kappa shape index (κ2) is 4.87. The SMILES string of the molecule is O=C(O)c1c(F)c(F)c(F)c2c(F)c3c(F)c(F)ccc3cc12. The van der Waals surface area contributed by atoms with Gasteiger partial charge < -0.3 is 5.11 Å². The Labute approximate surface area is 123 Å². The van der Waals surface area contributed by atoms with E-state index in [0.717, 1.165) is 12.1 Å². The van der Waals surface area contributed by atoms with Crippen molar-refractivity contribution in [2.24, 2.45) is 0 Å². The maximum atomic E-state index is 14.4. The Bertz CT molecular complexity index is 1010. The summed E-state index contributed by atoms with van der Waals surface area (Å²) in [7, 11) is 0. The third-order valence-electron chi connectivity index (χ3n) is 3.44. The Balaban J connectivity index is 2.69. The lowest BCUT2D eigenvalue weighted by molar-refractivity contribution is 0.0693. The van der Waals surface area contributed by atoms with Crippen molar-refractivity contribution in [2.45, 2.75) is 0 Å². The molecule has 0 aliphatic heterocycles. The van der Waals surface area contributed by atoms with Gasteiger partial charge in [0.15, 0.2) is 29.1 Å². The Kier molecular flexibility index (Phi) is 3.20. The Hall–Kier alpha value is -2.77. The van der Waals surface area contributed by atoms with Crippen molar-refractivity contribution in [3.05, 3.63) is 58.7 Å². The molecule has 8 heteroatoms. The summed E-state index contributed by atoms with van der Waals surface area (Å²) in [5, 5.41) is 5.57. The zero-order chi connectivity index (χ0) is 17.0. The first-order chi connectivity index (χ1) is 10.8. The molecule has 2 nitrogen and oxygen atoms in total. The molecular formula is C15H4F6O2. The van der Waals surface area contributed by atoms with E-state index in [1.807, 2.05) is 0 Å². The van der Waals surface area contributed by atoms with Gasteiger partial charge in [0.25, 0.3) is 0 Å². The van der Waals surface area contributed by atoms with Crippen LogP contribution in [0.15, 0.2) is 18.2 Å². The van der Waals surface area contributed by atoms with Gasteiger partial charge in [-0.2, -0.15) is 0 Å². The van der Waals surface area contributed by atoms with Crippen LogP contribution in [0.4, 0.5) is 26.3 Å². The normalized spacial score (nSPS) is 11.4. The molecule has 0 aliphatic carbocycles. The molecule has 0 amide bonds. The summed E-state index contributed by atoms with van der Waals surface area (Å²) in [6.45, 7) is 0. The van der Waals surface area contributed by atoms with Gasteiger partial charge in [-0.1, -0.05) is 6.07 Å². The molecule has 118 valence electrons. The molecule has 0 aliphatic rings. The molecule has 0 spiro atoms. The van der Waals surface area contributed by atoms with Crippen LogP contribution in [0.25, 0.3) is 21.5 Å². The predicted octanol–water partition coefficient (Wildman–Crippen LogP) is 4.53. The van der Waals surface area contributed by atoms with Gasteiger partial charge in [-0.05, 0) is 17.5 Å². The van der Waals surface area contributed by atoms with Crippen molar-refractivity contribution in [3.63, 3.8) is 0 Å². The number of carboxylic acids is 1. The zero-order valence-electron chi connectivity index (χ0n) is 10.9. The maximum Gasteiger partial charge on any atom is 0.339 e. The summed E-state index contributed by atoms with van der Waals surface area (Å²) in [6, 6.07) is 2.30. The van der Waals surface area contributed by atoms with Crippen LogP contribution < -0.4 is 0 Å². The molecule has 0 heterocycles. The summed E-state index contributed by atoms with van der Waals surface area (Å²) in [5.74, 6) is -13.0. The predicted molar refractivity (Wildman–Crippen MR) is 68.2 cm³/mol. The standard InChI is InChI=1S/C15H4F6O2/c16-6-2-1-4-3-5-8(11(18)7(4)10(6)17)12(19)14(21)13(20)9(5)15(22)23/h1-3H,(H,22,23). The smallest absolute Gasteiger partial charge is 0.339 e. The van der Waals surface area contributed by atoms with E-state index in [-0.39, 0.29) is 5.39 Å². The quantitative estimate of drug-likeness (QED) is 0.404. The molecule has 0 fully saturated rings. The first-order valence-corrected chi connectivity index (χ1v) is 6.05. The largest absolute Gasteiger partial charge is 0.478 e. The minimum atomic E-state index is -2.22. The van der Waals surface area contributed by atoms with Crippen LogP contribution in [-0.4, -0.2) is 11.1 Å². The highest BCUT2D eigenvalue weighted by Gasteiger charge is 2.28. The Morgan fingerprint density at radius 2 is 1.43 bits per heavy atom. The number of hydrogen-bond donors (Lipinski definition) is 1. The number of carboxylic acid groups (broad SMARTS) is 1. The fraction of sp³-hybridized carbons (Fsp3) is 0. The molecule has 3 aromatic carbocycles. The van der Waals surface area contributed by atoms with Crippen LogP contribution in [0.5, 0.6) is 0 Å². The molecule has 1 N–H and O–H groups in total. The maximum absolute atomic E-state index is 14.4. The van der Waals surface area contributed by atoms with Gasteiger partial charge in [0.1, 0.15) is 11.4 Å². The van der Waals surface area contributed by atoms with Crippen LogP contribution in [0, 0.1) is 34.9 Å². The minimum absolute atomic E-state index is 0.332. The molecule has 0 saturated heterocycles. The molecule has 0 atom stereocenters. The second-order valence-corrected chi connectivity index (χ2v) is 4.69. The van der Waals surface area contributed by atoms with Crippen molar-refractivity contribution in [2.75, 3.05) is 0 Å². The van der Waals surface area contributed by atoms with E-state index in [1.54, 1.807) is 0 Å². The molecule has 3 aromatic rings. The number of rotatable bonds is 1. The number of halogens is 6. The number of hydrogen-bond acceptors (Lipinski definition) is 1. The van der Waals surface area contributed by atoms with E-state index in [0.29, 0.717) is 6.07 Å². The first kappa shape index (κ1) is 15.1. The van der Waals surface area contributed by atoms with Crippen LogP contribution in [0.3, 0.4) is 0 Å². The fourth-order valence-corrected chi connectivity index (χ4v) is 2.43. The van der Waals surface area contributed by atoms with Gasteiger partial charge in [0.05, 0.1) is 10.8 Å². The third-order valence-corrected chi connectivity index (χ3v) is 3.44. The van der Waals surface area contributed by atoms with Gasteiger partial charge in [0, 0.05) is 5.39 Å². The average molecular weight is 330 g/mol. The minimum Gasteiger partial charge on any atom is -0.478 e. The number of carbonyl (C=O) groups is 1.